The highest BCUT2D eigenvalue weighted by molar-refractivity contribution is 6.00. The van der Waals surface area contributed by atoms with Gasteiger partial charge in [0.25, 0.3) is 5.56 Å². The molecular weight excluding hydrogens is 376 g/mol. The summed E-state index contributed by atoms with van der Waals surface area (Å²) < 4.78 is 15.3. The van der Waals surface area contributed by atoms with Crippen molar-refractivity contribution >= 4 is 22.7 Å². The molecule has 8 heteroatoms. The van der Waals surface area contributed by atoms with Crippen LogP contribution in [0.4, 0.5) is 0 Å². The van der Waals surface area contributed by atoms with Crippen LogP contribution < -0.4 is 15.0 Å². The summed E-state index contributed by atoms with van der Waals surface area (Å²) in [6.45, 7) is -0.414. The average Bonchev–Trinajstić information content (AvgIpc) is 2.75. The first kappa shape index (κ1) is 20.1. The Labute approximate surface area is 166 Å². The summed E-state index contributed by atoms with van der Waals surface area (Å²) in [5.41, 5.74) is 0.587. The number of methoxy groups -OCH3 is 2. The van der Waals surface area contributed by atoms with E-state index in [1.54, 1.807) is 42.5 Å². The number of aryl methyl sites for hydroxylation is 1. The molecule has 2 aromatic carbocycles. The Morgan fingerprint density at radius 2 is 1.86 bits per heavy atom. The zero-order chi connectivity index (χ0) is 20.8. The van der Waals surface area contributed by atoms with Gasteiger partial charge in [-0.15, -0.1) is 0 Å². The molecule has 0 spiro atoms. The number of ether oxygens (including phenoxy) is 3. The van der Waals surface area contributed by atoms with Crippen molar-refractivity contribution in [2.75, 3.05) is 20.8 Å². The van der Waals surface area contributed by atoms with Crippen LogP contribution in [0.5, 0.6) is 11.5 Å². The summed E-state index contributed by atoms with van der Waals surface area (Å²) in [5, 5.41) is 0.484. The van der Waals surface area contributed by atoms with E-state index in [1.807, 2.05) is 0 Å². The fourth-order valence-corrected chi connectivity index (χ4v) is 2.80. The van der Waals surface area contributed by atoms with E-state index >= 15 is 0 Å². The molecule has 0 aliphatic carbocycles. The second-order valence-electron chi connectivity index (χ2n) is 6.18. The molecule has 0 saturated heterocycles. The van der Waals surface area contributed by atoms with Crippen molar-refractivity contribution in [3.8, 4) is 11.5 Å². The number of fused-ring (bicyclic) bond motifs is 1. The van der Waals surface area contributed by atoms with E-state index in [-0.39, 0.29) is 18.4 Å². The van der Waals surface area contributed by atoms with Crippen molar-refractivity contribution in [2.24, 2.45) is 0 Å². The second-order valence-corrected chi connectivity index (χ2v) is 6.18. The summed E-state index contributed by atoms with van der Waals surface area (Å²) in [7, 11) is 2.95. The van der Waals surface area contributed by atoms with E-state index in [4.69, 9.17) is 14.2 Å². The van der Waals surface area contributed by atoms with Crippen molar-refractivity contribution in [3.05, 3.63) is 64.2 Å². The number of rotatable bonds is 8. The van der Waals surface area contributed by atoms with Crippen LogP contribution in [-0.4, -0.2) is 42.5 Å². The molecule has 29 heavy (non-hydrogen) atoms. The standard InChI is InChI=1S/C21H20N2O6/c1-27-13-7-8-15(18(11-13)28-2)17(24)12-29-20(25)10-9-19-22-16-6-4-3-5-14(16)21(26)23-19/h3-8,11H,9-10,12H2,1-2H3,(H,22,23,26). The lowest BCUT2D eigenvalue weighted by molar-refractivity contribution is -0.142. The van der Waals surface area contributed by atoms with Gasteiger partial charge < -0.3 is 19.2 Å². The molecule has 1 heterocycles. The highest BCUT2D eigenvalue weighted by Gasteiger charge is 2.16. The number of esters is 1. The van der Waals surface area contributed by atoms with E-state index in [0.717, 1.165) is 0 Å². The Morgan fingerprint density at radius 1 is 1.07 bits per heavy atom. The molecule has 8 nitrogen and oxygen atoms in total. The van der Waals surface area contributed by atoms with Crippen molar-refractivity contribution in [2.45, 2.75) is 12.8 Å². The van der Waals surface area contributed by atoms with Crippen LogP contribution in [0, 0.1) is 0 Å². The Bertz CT molecular complexity index is 1110. The fraction of sp³-hybridized carbons (Fsp3) is 0.238. The van der Waals surface area contributed by atoms with Gasteiger partial charge in [-0.2, -0.15) is 0 Å². The van der Waals surface area contributed by atoms with Gasteiger partial charge in [-0.3, -0.25) is 14.4 Å². The molecule has 0 unspecified atom stereocenters. The van der Waals surface area contributed by atoms with Crippen molar-refractivity contribution in [3.63, 3.8) is 0 Å². The van der Waals surface area contributed by atoms with E-state index < -0.39 is 18.4 Å². The van der Waals surface area contributed by atoms with Crippen LogP contribution >= 0.6 is 0 Å². The lowest BCUT2D eigenvalue weighted by Crippen LogP contribution is -2.17. The predicted octanol–water partition coefficient (Wildman–Crippen LogP) is 2.30. The number of carbonyl (C=O) groups excluding carboxylic acids is 2. The smallest absolute Gasteiger partial charge is 0.306 e. The first-order valence-electron chi connectivity index (χ1n) is 8.90. The van der Waals surface area contributed by atoms with E-state index in [1.165, 1.54) is 14.2 Å². The van der Waals surface area contributed by atoms with Gasteiger partial charge in [0.15, 0.2) is 6.61 Å². The molecule has 1 aromatic heterocycles. The number of hydrogen-bond acceptors (Lipinski definition) is 7. The largest absolute Gasteiger partial charge is 0.497 e. The number of nitrogens with zero attached hydrogens (tertiary/aromatic N) is 1. The minimum absolute atomic E-state index is 0.0195. The summed E-state index contributed by atoms with van der Waals surface area (Å²) in [5.74, 6) is 0.307. The summed E-state index contributed by atoms with van der Waals surface area (Å²) in [6.07, 6.45) is 0.174. The minimum atomic E-state index is -0.568. The fourth-order valence-electron chi connectivity index (χ4n) is 2.80. The Kier molecular flexibility index (Phi) is 6.23. The minimum Gasteiger partial charge on any atom is -0.497 e. The number of aromatic amines is 1. The molecule has 0 bridgehead atoms. The van der Waals surface area contributed by atoms with E-state index in [9.17, 15) is 14.4 Å². The summed E-state index contributed by atoms with van der Waals surface area (Å²) in [4.78, 5) is 43.4. The number of ketones is 1. The Balaban J connectivity index is 1.58. The van der Waals surface area contributed by atoms with Gasteiger partial charge in [0.05, 0.1) is 37.1 Å². The van der Waals surface area contributed by atoms with Gasteiger partial charge in [0.1, 0.15) is 17.3 Å². The summed E-state index contributed by atoms with van der Waals surface area (Å²) >= 11 is 0. The maximum atomic E-state index is 12.3. The number of aromatic nitrogens is 2. The molecule has 0 amide bonds. The number of para-hydroxylation sites is 1. The zero-order valence-corrected chi connectivity index (χ0v) is 16.1. The molecule has 150 valence electrons. The average molecular weight is 396 g/mol. The number of Topliss-reactive ketones (excluding diaryl/α,β-unsaturated/α-hetero) is 1. The third-order valence-electron chi connectivity index (χ3n) is 4.30. The van der Waals surface area contributed by atoms with Gasteiger partial charge in [-0.1, -0.05) is 12.1 Å². The Hall–Kier alpha value is -3.68. The first-order chi connectivity index (χ1) is 14.0. The van der Waals surface area contributed by atoms with E-state index in [2.05, 4.69) is 9.97 Å². The zero-order valence-electron chi connectivity index (χ0n) is 16.1. The van der Waals surface area contributed by atoms with Gasteiger partial charge >= 0.3 is 5.97 Å². The number of hydrogen-bond donors (Lipinski definition) is 1. The number of carbonyl (C=O) groups is 2. The van der Waals surface area contributed by atoms with Crippen LogP contribution in [0.2, 0.25) is 0 Å². The molecule has 0 aliphatic heterocycles. The van der Waals surface area contributed by atoms with Crippen LogP contribution in [0.1, 0.15) is 22.6 Å². The number of nitrogens with one attached hydrogen (secondary N) is 1. The predicted molar refractivity (Wildman–Crippen MR) is 106 cm³/mol. The van der Waals surface area contributed by atoms with Gasteiger partial charge in [-0.25, -0.2) is 4.98 Å². The molecule has 3 rings (SSSR count). The monoisotopic (exact) mass is 396 g/mol. The van der Waals surface area contributed by atoms with Crippen LogP contribution in [-0.2, 0) is 16.0 Å². The molecule has 0 radical (unpaired) electrons. The van der Waals surface area contributed by atoms with Crippen LogP contribution in [0.15, 0.2) is 47.3 Å². The molecule has 0 fully saturated rings. The highest BCUT2D eigenvalue weighted by atomic mass is 16.5. The van der Waals surface area contributed by atoms with Gasteiger partial charge in [0, 0.05) is 12.5 Å². The first-order valence-corrected chi connectivity index (χ1v) is 8.90. The highest BCUT2D eigenvalue weighted by Crippen LogP contribution is 2.25. The lowest BCUT2D eigenvalue weighted by Gasteiger charge is -2.10. The molecule has 0 saturated carbocycles. The van der Waals surface area contributed by atoms with Crippen molar-refractivity contribution in [1.82, 2.24) is 9.97 Å². The normalized spacial score (nSPS) is 10.6. The SMILES string of the molecule is COc1ccc(C(=O)COC(=O)CCc2nc3ccccc3c(=O)[nH]2)c(OC)c1. The molecule has 1 N–H and O–H groups in total. The second kappa shape index (κ2) is 9.01. The maximum Gasteiger partial charge on any atom is 0.306 e. The molecule has 0 aliphatic rings. The third kappa shape index (κ3) is 4.78. The maximum absolute atomic E-state index is 12.3. The van der Waals surface area contributed by atoms with Crippen LogP contribution in [0.25, 0.3) is 10.9 Å². The molecular formula is C21H20N2O6. The lowest BCUT2D eigenvalue weighted by atomic mass is 10.1. The van der Waals surface area contributed by atoms with E-state index in [0.29, 0.717) is 33.8 Å². The topological polar surface area (TPSA) is 108 Å². The quantitative estimate of drug-likeness (QED) is 0.460. The third-order valence-corrected chi connectivity index (χ3v) is 4.30. The van der Waals surface area contributed by atoms with Crippen molar-refractivity contribution < 1.29 is 23.8 Å². The summed E-state index contributed by atoms with van der Waals surface area (Å²) in [6, 6.07) is 11.7. The number of benzene rings is 2. The molecule has 0 atom stereocenters. The van der Waals surface area contributed by atoms with Crippen LogP contribution in [0.3, 0.4) is 0 Å². The van der Waals surface area contributed by atoms with Gasteiger partial charge in [-0.05, 0) is 24.3 Å². The van der Waals surface area contributed by atoms with Crippen molar-refractivity contribution in [1.29, 1.82) is 0 Å². The molecule has 3 aromatic rings. The number of H-pyrrole nitrogens is 1. The van der Waals surface area contributed by atoms with Gasteiger partial charge in [0.2, 0.25) is 5.78 Å². The Morgan fingerprint density at radius 3 is 2.62 bits per heavy atom.